The first-order valence-corrected chi connectivity index (χ1v) is 8.11. The van der Waals surface area contributed by atoms with Crippen molar-refractivity contribution in [2.24, 2.45) is 0 Å². The molecule has 0 saturated heterocycles. The lowest BCUT2D eigenvalue weighted by molar-refractivity contribution is -0.166. The smallest absolute Gasteiger partial charge is 0.336 e. The largest absolute Gasteiger partial charge is 0.454 e. The summed E-state index contributed by atoms with van der Waals surface area (Å²) in [5, 5.41) is 1.73. The molecule has 0 radical (unpaired) electrons. The number of halogens is 3. The molecule has 0 spiro atoms. The summed E-state index contributed by atoms with van der Waals surface area (Å²) in [4.78, 5) is 13.7. The SMILES string of the molecule is O=C(C1=Cc2c(ccc3ccccc23)N(c2ccccc2)C1)C(F)(F)F. The lowest BCUT2D eigenvalue weighted by Gasteiger charge is -2.32. The van der Waals surface area contributed by atoms with E-state index in [1.54, 1.807) is 4.90 Å². The molecule has 1 aliphatic rings. The van der Waals surface area contributed by atoms with Gasteiger partial charge in [-0.1, -0.05) is 48.5 Å². The average Bonchev–Trinajstić information content (AvgIpc) is 2.66. The maximum Gasteiger partial charge on any atom is 0.454 e. The van der Waals surface area contributed by atoms with Crippen LogP contribution in [0.25, 0.3) is 16.8 Å². The second kappa shape index (κ2) is 6.02. The Morgan fingerprint density at radius 3 is 2.31 bits per heavy atom. The highest BCUT2D eigenvalue weighted by molar-refractivity contribution is 6.09. The number of fused-ring (bicyclic) bond motifs is 3. The molecule has 26 heavy (non-hydrogen) atoms. The van der Waals surface area contributed by atoms with E-state index in [9.17, 15) is 18.0 Å². The summed E-state index contributed by atoms with van der Waals surface area (Å²) in [6, 6.07) is 20.4. The van der Waals surface area contributed by atoms with Crippen molar-refractivity contribution >= 4 is 34.0 Å². The van der Waals surface area contributed by atoms with Crippen LogP contribution in [0.15, 0.2) is 72.3 Å². The van der Waals surface area contributed by atoms with Crippen molar-refractivity contribution in [3.63, 3.8) is 0 Å². The molecule has 0 bridgehead atoms. The van der Waals surface area contributed by atoms with Crippen LogP contribution in [0.2, 0.25) is 0 Å². The van der Waals surface area contributed by atoms with Crippen LogP contribution >= 0.6 is 0 Å². The van der Waals surface area contributed by atoms with Crippen molar-refractivity contribution in [2.45, 2.75) is 6.18 Å². The molecule has 5 heteroatoms. The van der Waals surface area contributed by atoms with Crippen LogP contribution in [-0.2, 0) is 4.79 Å². The fourth-order valence-corrected chi connectivity index (χ4v) is 3.30. The molecule has 0 atom stereocenters. The van der Waals surface area contributed by atoms with Gasteiger partial charge in [0.1, 0.15) is 0 Å². The number of benzene rings is 3. The summed E-state index contributed by atoms with van der Waals surface area (Å²) in [5.41, 5.74) is 1.90. The third-order valence-corrected chi connectivity index (χ3v) is 4.50. The maximum absolute atomic E-state index is 13.0. The highest BCUT2D eigenvalue weighted by Gasteiger charge is 2.42. The van der Waals surface area contributed by atoms with Gasteiger partial charge in [0.25, 0.3) is 5.78 Å². The van der Waals surface area contributed by atoms with E-state index < -0.39 is 12.0 Å². The molecule has 0 N–H and O–H groups in total. The molecule has 0 saturated carbocycles. The zero-order valence-electron chi connectivity index (χ0n) is 13.6. The number of rotatable bonds is 2. The Labute approximate surface area is 148 Å². The van der Waals surface area contributed by atoms with Gasteiger partial charge >= 0.3 is 6.18 Å². The molecular weight excluding hydrogens is 339 g/mol. The standard InChI is InChI=1S/C21H14F3NO/c22-21(23,24)20(26)15-12-18-17-9-5-4-6-14(17)10-11-19(18)25(13-15)16-7-2-1-3-8-16/h1-12H,13H2. The molecule has 3 aromatic rings. The third-order valence-electron chi connectivity index (χ3n) is 4.50. The first kappa shape index (κ1) is 16.4. The predicted octanol–water partition coefficient (Wildman–Crippen LogP) is 5.51. The number of para-hydroxylation sites is 1. The molecule has 0 fully saturated rings. The molecule has 4 rings (SSSR count). The van der Waals surface area contributed by atoms with Gasteiger partial charge in [0.2, 0.25) is 0 Å². The molecule has 0 amide bonds. The molecule has 2 nitrogen and oxygen atoms in total. The van der Waals surface area contributed by atoms with Crippen molar-refractivity contribution in [3.8, 4) is 0 Å². The quantitative estimate of drug-likeness (QED) is 0.606. The summed E-state index contributed by atoms with van der Waals surface area (Å²) < 4.78 is 39.1. The molecule has 0 unspecified atom stereocenters. The zero-order chi connectivity index (χ0) is 18.3. The van der Waals surface area contributed by atoms with Crippen LogP contribution in [0, 0.1) is 0 Å². The molecule has 1 heterocycles. The van der Waals surface area contributed by atoms with E-state index in [-0.39, 0.29) is 12.1 Å². The van der Waals surface area contributed by atoms with Gasteiger partial charge in [0, 0.05) is 22.5 Å². The van der Waals surface area contributed by atoms with E-state index in [2.05, 4.69) is 0 Å². The summed E-state index contributed by atoms with van der Waals surface area (Å²) in [5.74, 6) is -1.79. The van der Waals surface area contributed by atoms with Crippen LogP contribution < -0.4 is 4.90 Å². The number of alkyl halides is 3. The van der Waals surface area contributed by atoms with Gasteiger partial charge in [-0.05, 0) is 35.0 Å². The van der Waals surface area contributed by atoms with Crippen LogP contribution in [0.4, 0.5) is 24.5 Å². The minimum absolute atomic E-state index is 0.117. The van der Waals surface area contributed by atoms with E-state index in [0.29, 0.717) is 5.56 Å². The topological polar surface area (TPSA) is 20.3 Å². The van der Waals surface area contributed by atoms with Crippen molar-refractivity contribution in [2.75, 3.05) is 11.4 Å². The van der Waals surface area contributed by atoms with Gasteiger partial charge in [-0.15, -0.1) is 0 Å². The minimum atomic E-state index is -4.89. The summed E-state index contributed by atoms with van der Waals surface area (Å²) >= 11 is 0. The van der Waals surface area contributed by atoms with E-state index in [4.69, 9.17) is 0 Å². The molecule has 130 valence electrons. The van der Waals surface area contributed by atoms with Crippen LogP contribution in [0.3, 0.4) is 0 Å². The van der Waals surface area contributed by atoms with Gasteiger partial charge in [-0.25, -0.2) is 0 Å². The van der Waals surface area contributed by atoms with E-state index in [1.807, 2.05) is 66.7 Å². The fraction of sp³-hybridized carbons (Fsp3) is 0.0952. The van der Waals surface area contributed by atoms with Crippen molar-refractivity contribution in [3.05, 3.63) is 77.9 Å². The number of nitrogens with zero attached hydrogens (tertiary/aromatic N) is 1. The Hall–Kier alpha value is -3.08. The first-order valence-electron chi connectivity index (χ1n) is 8.11. The average molecular weight is 353 g/mol. The van der Waals surface area contributed by atoms with Gasteiger partial charge in [0.15, 0.2) is 0 Å². The van der Waals surface area contributed by atoms with Crippen LogP contribution in [0.5, 0.6) is 0 Å². The lowest BCUT2D eigenvalue weighted by Crippen LogP contribution is -2.33. The maximum atomic E-state index is 13.0. The number of ketones is 1. The Morgan fingerprint density at radius 1 is 0.885 bits per heavy atom. The van der Waals surface area contributed by atoms with Crippen molar-refractivity contribution in [1.82, 2.24) is 0 Å². The molecular formula is C21H14F3NO. The zero-order valence-corrected chi connectivity index (χ0v) is 13.6. The Kier molecular flexibility index (Phi) is 3.80. The first-order chi connectivity index (χ1) is 12.4. The minimum Gasteiger partial charge on any atom is -0.336 e. The number of hydrogen-bond donors (Lipinski definition) is 0. The second-order valence-corrected chi connectivity index (χ2v) is 6.14. The summed E-state index contributed by atoms with van der Waals surface area (Å²) in [6.45, 7) is -0.117. The summed E-state index contributed by atoms with van der Waals surface area (Å²) in [7, 11) is 0. The number of carbonyl (C=O) groups is 1. The Bertz CT molecular complexity index is 1020. The van der Waals surface area contributed by atoms with Crippen LogP contribution in [-0.4, -0.2) is 18.5 Å². The molecule has 0 aliphatic carbocycles. The predicted molar refractivity (Wildman–Crippen MR) is 96.4 cm³/mol. The monoisotopic (exact) mass is 353 g/mol. The van der Waals surface area contributed by atoms with Gasteiger partial charge in [0.05, 0.1) is 6.54 Å². The fourth-order valence-electron chi connectivity index (χ4n) is 3.30. The normalized spacial score (nSPS) is 14.1. The number of hydrogen-bond acceptors (Lipinski definition) is 2. The van der Waals surface area contributed by atoms with E-state index >= 15 is 0 Å². The molecule has 0 aromatic heterocycles. The van der Waals surface area contributed by atoms with E-state index in [0.717, 1.165) is 22.1 Å². The number of carbonyl (C=O) groups excluding carboxylic acids is 1. The number of anilines is 2. The highest BCUT2D eigenvalue weighted by atomic mass is 19.4. The van der Waals surface area contributed by atoms with Gasteiger partial charge in [-0.2, -0.15) is 13.2 Å². The third kappa shape index (κ3) is 2.75. The second-order valence-electron chi connectivity index (χ2n) is 6.14. The lowest BCUT2D eigenvalue weighted by atomic mass is 9.94. The number of Topliss-reactive ketones (excluding diaryl/α,β-unsaturated/α-hetero) is 1. The summed E-state index contributed by atoms with van der Waals surface area (Å²) in [6.07, 6.45) is -3.51. The van der Waals surface area contributed by atoms with Gasteiger partial charge in [-0.3, -0.25) is 4.79 Å². The highest BCUT2D eigenvalue weighted by Crippen LogP contribution is 2.40. The Morgan fingerprint density at radius 2 is 1.58 bits per heavy atom. The van der Waals surface area contributed by atoms with Gasteiger partial charge < -0.3 is 4.90 Å². The van der Waals surface area contributed by atoms with E-state index in [1.165, 1.54) is 6.08 Å². The van der Waals surface area contributed by atoms with Crippen molar-refractivity contribution in [1.29, 1.82) is 0 Å². The Balaban J connectivity index is 1.96. The molecule has 1 aliphatic heterocycles. The van der Waals surface area contributed by atoms with Crippen molar-refractivity contribution < 1.29 is 18.0 Å². The van der Waals surface area contributed by atoms with Crippen LogP contribution in [0.1, 0.15) is 5.56 Å². The molecule has 3 aromatic carbocycles.